The first-order chi connectivity index (χ1) is 10.2. The van der Waals surface area contributed by atoms with E-state index in [-0.39, 0.29) is 10.4 Å². The van der Waals surface area contributed by atoms with Crippen LogP contribution in [-0.4, -0.2) is 14.7 Å². The molecule has 0 spiro atoms. The zero-order valence-corrected chi connectivity index (χ0v) is 13.6. The fourth-order valence-corrected chi connectivity index (χ4v) is 3.26. The van der Waals surface area contributed by atoms with Gasteiger partial charge in [0, 0.05) is 30.4 Å². The van der Waals surface area contributed by atoms with Crippen LogP contribution in [0.5, 0.6) is 0 Å². The van der Waals surface area contributed by atoms with Gasteiger partial charge in [-0.15, -0.1) is 0 Å². The van der Waals surface area contributed by atoms with Crippen LogP contribution in [0.2, 0.25) is 5.02 Å². The molecule has 1 aromatic carbocycles. The van der Waals surface area contributed by atoms with Gasteiger partial charge in [-0.05, 0) is 24.1 Å². The Kier molecular flexibility index (Phi) is 6.33. The molecule has 21 heavy (non-hydrogen) atoms. The van der Waals surface area contributed by atoms with Crippen LogP contribution < -0.4 is 0 Å². The highest BCUT2D eigenvalue weighted by Gasteiger charge is 2.17. The van der Waals surface area contributed by atoms with Crippen molar-refractivity contribution < 1.29 is 4.79 Å². The molecule has 1 aromatic heterocycles. The van der Waals surface area contributed by atoms with E-state index in [0.29, 0.717) is 11.4 Å². The Labute approximate surface area is 134 Å². The minimum absolute atomic E-state index is 0.0841. The van der Waals surface area contributed by atoms with Crippen molar-refractivity contribution >= 4 is 28.5 Å². The summed E-state index contributed by atoms with van der Waals surface area (Å²) in [6, 6.07) is 7.72. The Hall–Kier alpha value is -1.26. The van der Waals surface area contributed by atoms with Gasteiger partial charge in [-0.25, -0.2) is 4.98 Å². The zero-order chi connectivity index (χ0) is 15.1. The normalized spacial score (nSPS) is 12.3. The van der Waals surface area contributed by atoms with Crippen LogP contribution in [0.4, 0.5) is 0 Å². The Balaban J connectivity index is 2.09. The van der Waals surface area contributed by atoms with E-state index in [2.05, 4.69) is 11.9 Å². The highest BCUT2D eigenvalue weighted by molar-refractivity contribution is 8.13. The molecule has 0 radical (unpaired) electrons. The van der Waals surface area contributed by atoms with Crippen molar-refractivity contribution in [3.63, 3.8) is 0 Å². The molecule has 0 saturated heterocycles. The van der Waals surface area contributed by atoms with Crippen LogP contribution in [0.25, 0.3) is 0 Å². The number of imidazole rings is 1. The second-order valence-electron chi connectivity index (χ2n) is 4.89. The van der Waals surface area contributed by atoms with E-state index in [4.69, 9.17) is 11.6 Å². The number of carbonyl (C=O) groups is 1. The van der Waals surface area contributed by atoms with Crippen LogP contribution in [-0.2, 0) is 11.3 Å². The molecule has 0 amide bonds. The highest BCUT2D eigenvalue weighted by atomic mass is 35.5. The third kappa shape index (κ3) is 5.21. The predicted octanol–water partition coefficient (Wildman–Crippen LogP) is 4.73. The Morgan fingerprint density at radius 1 is 1.38 bits per heavy atom. The van der Waals surface area contributed by atoms with Crippen molar-refractivity contribution in [3.8, 4) is 0 Å². The quantitative estimate of drug-likeness (QED) is 0.739. The fraction of sp³-hybridized carbons (Fsp3) is 0.375. The summed E-state index contributed by atoms with van der Waals surface area (Å²) in [5.74, 6) is 0. The number of rotatable bonds is 7. The number of thioether (sulfide) groups is 1. The number of nitrogens with zero attached hydrogens (tertiary/aromatic N) is 2. The van der Waals surface area contributed by atoms with Gasteiger partial charge >= 0.3 is 0 Å². The number of hydrogen-bond acceptors (Lipinski definition) is 3. The molecule has 0 aliphatic carbocycles. The maximum atomic E-state index is 12.1. The maximum Gasteiger partial charge on any atom is 0.189 e. The Morgan fingerprint density at radius 3 is 2.76 bits per heavy atom. The molecule has 0 aliphatic heterocycles. The van der Waals surface area contributed by atoms with Crippen molar-refractivity contribution in [2.45, 2.75) is 38.0 Å². The van der Waals surface area contributed by atoms with E-state index in [0.717, 1.165) is 24.9 Å². The number of aromatic nitrogens is 2. The van der Waals surface area contributed by atoms with E-state index in [1.807, 2.05) is 35.0 Å². The minimum atomic E-state index is 0.0841. The van der Waals surface area contributed by atoms with Gasteiger partial charge < -0.3 is 4.57 Å². The lowest BCUT2D eigenvalue weighted by Crippen LogP contribution is -2.08. The lowest BCUT2D eigenvalue weighted by atomic mass is 10.1. The van der Waals surface area contributed by atoms with Gasteiger partial charge in [-0.1, -0.05) is 48.8 Å². The van der Waals surface area contributed by atoms with Crippen LogP contribution in [0.3, 0.4) is 0 Å². The second-order valence-corrected chi connectivity index (χ2v) is 6.59. The first-order valence-corrected chi connectivity index (χ1v) is 8.35. The third-order valence-corrected chi connectivity index (χ3v) is 4.61. The molecule has 1 heterocycles. The smallest absolute Gasteiger partial charge is 0.189 e. The molecule has 1 unspecified atom stereocenters. The second kappa shape index (κ2) is 8.25. The average Bonchev–Trinajstić information content (AvgIpc) is 2.98. The van der Waals surface area contributed by atoms with Crippen LogP contribution >= 0.6 is 23.4 Å². The summed E-state index contributed by atoms with van der Waals surface area (Å²) in [6.45, 7) is 2.82. The molecule has 0 saturated carbocycles. The molecule has 1 atom stereocenters. The number of unbranched alkanes of at least 4 members (excludes halogenated alkanes) is 1. The molecular weight excluding hydrogens is 304 g/mol. The topological polar surface area (TPSA) is 34.9 Å². The van der Waals surface area contributed by atoms with E-state index >= 15 is 0 Å². The van der Waals surface area contributed by atoms with Gasteiger partial charge in [0.15, 0.2) is 5.12 Å². The average molecular weight is 323 g/mol. The van der Waals surface area contributed by atoms with Gasteiger partial charge in [-0.2, -0.15) is 0 Å². The van der Waals surface area contributed by atoms with Crippen molar-refractivity contribution in [1.29, 1.82) is 0 Å². The van der Waals surface area contributed by atoms with E-state index < -0.39 is 0 Å². The van der Waals surface area contributed by atoms with Crippen molar-refractivity contribution in [2.24, 2.45) is 0 Å². The minimum Gasteiger partial charge on any atom is -0.336 e. The summed E-state index contributed by atoms with van der Waals surface area (Å²) < 4.78 is 2.00. The first kappa shape index (κ1) is 16.1. The lowest BCUT2D eigenvalue weighted by molar-refractivity contribution is -0.111. The Bertz CT molecular complexity index is 554. The van der Waals surface area contributed by atoms with E-state index in [1.165, 1.54) is 11.8 Å². The summed E-state index contributed by atoms with van der Waals surface area (Å²) in [7, 11) is 0. The number of carbonyl (C=O) groups excluding carboxylic acids is 1. The van der Waals surface area contributed by atoms with Gasteiger partial charge in [0.25, 0.3) is 0 Å². The van der Waals surface area contributed by atoms with E-state index in [9.17, 15) is 4.79 Å². The fourth-order valence-electron chi connectivity index (χ4n) is 2.01. The number of halogens is 1. The predicted molar refractivity (Wildman–Crippen MR) is 88.5 cm³/mol. The maximum absolute atomic E-state index is 12.1. The van der Waals surface area contributed by atoms with E-state index in [1.54, 1.807) is 12.5 Å². The molecule has 2 aromatic rings. The molecule has 112 valence electrons. The van der Waals surface area contributed by atoms with Gasteiger partial charge in [0.1, 0.15) is 0 Å². The highest BCUT2D eigenvalue weighted by Crippen LogP contribution is 2.33. The summed E-state index contributed by atoms with van der Waals surface area (Å²) in [6.07, 6.45) is 8.07. The molecule has 0 bridgehead atoms. The van der Waals surface area contributed by atoms with Crippen molar-refractivity contribution in [3.05, 3.63) is 53.6 Å². The lowest BCUT2D eigenvalue weighted by Gasteiger charge is -2.17. The standard InChI is InChI=1S/C16H19ClN2OS/c1-2-3-4-16(20)21-15(11-19-10-9-18-12-19)13-5-7-14(17)8-6-13/h5-10,12,15H,2-4,11H2,1H3. The summed E-state index contributed by atoms with van der Waals surface area (Å²) in [5, 5.41) is 1.04. The van der Waals surface area contributed by atoms with Gasteiger partial charge in [0.2, 0.25) is 0 Å². The zero-order valence-electron chi connectivity index (χ0n) is 12.0. The molecular formula is C16H19ClN2OS. The Morgan fingerprint density at radius 2 is 2.14 bits per heavy atom. The van der Waals surface area contributed by atoms with Crippen molar-refractivity contribution in [2.75, 3.05) is 0 Å². The van der Waals surface area contributed by atoms with Crippen LogP contribution in [0, 0.1) is 0 Å². The molecule has 0 N–H and O–H groups in total. The van der Waals surface area contributed by atoms with Crippen molar-refractivity contribution in [1.82, 2.24) is 9.55 Å². The summed E-state index contributed by atoms with van der Waals surface area (Å²) >= 11 is 7.36. The largest absolute Gasteiger partial charge is 0.336 e. The molecule has 5 heteroatoms. The molecule has 3 nitrogen and oxygen atoms in total. The van der Waals surface area contributed by atoms with Crippen LogP contribution in [0.15, 0.2) is 43.0 Å². The monoisotopic (exact) mass is 322 g/mol. The number of hydrogen-bond donors (Lipinski definition) is 0. The molecule has 2 rings (SSSR count). The molecule has 0 aliphatic rings. The first-order valence-electron chi connectivity index (χ1n) is 7.09. The van der Waals surface area contributed by atoms with Crippen LogP contribution in [0.1, 0.15) is 37.0 Å². The molecule has 0 fully saturated rings. The number of benzene rings is 1. The third-order valence-electron chi connectivity index (χ3n) is 3.19. The van der Waals surface area contributed by atoms with Gasteiger partial charge in [0.05, 0.1) is 11.6 Å². The SMILES string of the molecule is CCCCC(=O)SC(Cn1ccnc1)c1ccc(Cl)cc1. The summed E-state index contributed by atoms with van der Waals surface area (Å²) in [5.41, 5.74) is 1.11. The summed E-state index contributed by atoms with van der Waals surface area (Å²) in [4.78, 5) is 16.2. The van der Waals surface area contributed by atoms with Gasteiger partial charge in [-0.3, -0.25) is 4.79 Å².